The van der Waals surface area contributed by atoms with E-state index >= 15 is 0 Å². The zero-order chi connectivity index (χ0) is 20.9. The summed E-state index contributed by atoms with van der Waals surface area (Å²) in [6.07, 6.45) is 0.736. The topological polar surface area (TPSA) is 48.8 Å². The molecule has 0 unspecified atom stereocenters. The minimum atomic E-state index is -0.919. The van der Waals surface area contributed by atoms with Gasteiger partial charge in [0, 0.05) is 49.9 Å². The summed E-state index contributed by atoms with van der Waals surface area (Å²) in [4.78, 5) is 8.60. The van der Waals surface area contributed by atoms with E-state index in [1.165, 1.54) is 23.0 Å². The fourth-order valence-corrected chi connectivity index (χ4v) is 4.47. The zero-order valence-corrected chi connectivity index (χ0v) is 17.8. The van der Waals surface area contributed by atoms with Crippen molar-refractivity contribution in [1.82, 2.24) is 9.88 Å². The van der Waals surface area contributed by atoms with Gasteiger partial charge in [-0.1, -0.05) is 24.3 Å². The number of hydrogen-bond donors (Lipinski definition) is 1. The van der Waals surface area contributed by atoms with E-state index in [-0.39, 0.29) is 5.82 Å². The van der Waals surface area contributed by atoms with E-state index in [9.17, 15) is 9.50 Å². The quantitative estimate of drug-likeness (QED) is 0.616. The monoisotopic (exact) mass is 427 g/mol. The second-order valence-electron chi connectivity index (χ2n) is 7.29. The van der Waals surface area contributed by atoms with Gasteiger partial charge in [-0.3, -0.25) is 4.90 Å². The summed E-state index contributed by atoms with van der Waals surface area (Å²) in [5.41, 5.74) is 2.29. The lowest BCUT2D eigenvalue weighted by Gasteiger charge is -2.37. The number of aliphatic hydroxyl groups is 1. The molecule has 7 heteroatoms. The predicted octanol–water partition coefficient (Wildman–Crippen LogP) is 4.08. The van der Waals surface area contributed by atoms with Crippen LogP contribution in [0.25, 0.3) is 0 Å². The number of aliphatic hydroxyl groups excluding tert-OH is 1. The number of thiazole rings is 1. The molecule has 1 N–H and O–H groups in total. The lowest BCUT2D eigenvalue weighted by molar-refractivity contribution is 0.218. The van der Waals surface area contributed by atoms with Crippen molar-refractivity contribution < 1.29 is 14.2 Å². The molecule has 30 heavy (non-hydrogen) atoms. The van der Waals surface area contributed by atoms with Crippen molar-refractivity contribution in [1.29, 1.82) is 0 Å². The third kappa shape index (κ3) is 4.64. The molecule has 1 aliphatic heterocycles. The van der Waals surface area contributed by atoms with Crippen LogP contribution in [-0.2, 0) is 6.54 Å². The highest BCUT2D eigenvalue weighted by atomic mass is 32.1. The van der Waals surface area contributed by atoms with E-state index in [2.05, 4.69) is 22.0 Å². The number of anilines is 1. The lowest BCUT2D eigenvalue weighted by atomic mass is 10.0. The van der Waals surface area contributed by atoms with Crippen LogP contribution in [0.4, 0.5) is 10.1 Å². The second-order valence-corrected chi connectivity index (χ2v) is 8.22. The van der Waals surface area contributed by atoms with Crippen LogP contribution < -0.4 is 9.64 Å². The molecule has 5 nitrogen and oxygen atoms in total. The molecule has 0 aliphatic carbocycles. The van der Waals surface area contributed by atoms with Gasteiger partial charge in [0.25, 0.3) is 0 Å². The van der Waals surface area contributed by atoms with E-state index in [1.54, 1.807) is 18.3 Å². The maximum Gasteiger partial charge on any atom is 0.146 e. The highest BCUT2D eigenvalue weighted by molar-refractivity contribution is 7.09. The second kappa shape index (κ2) is 9.55. The first kappa shape index (κ1) is 20.8. The number of ether oxygens (including phenoxy) is 1. The van der Waals surface area contributed by atoms with Crippen molar-refractivity contribution in [2.24, 2.45) is 0 Å². The average Bonchev–Trinajstić information content (AvgIpc) is 3.30. The van der Waals surface area contributed by atoms with Gasteiger partial charge < -0.3 is 14.7 Å². The number of nitrogens with zero attached hydrogens (tertiary/aromatic N) is 3. The van der Waals surface area contributed by atoms with Crippen LogP contribution in [0.2, 0.25) is 0 Å². The molecule has 1 saturated heterocycles. The molecule has 4 rings (SSSR count). The Kier molecular flexibility index (Phi) is 6.62. The molecule has 2 heterocycles. The lowest BCUT2D eigenvalue weighted by Crippen LogP contribution is -2.46. The average molecular weight is 428 g/mol. The van der Waals surface area contributed by atoms with Gasteiger partial charge in [-0.25, -0.2) is 9.37 Å². The summed E-state index contributed by atoms with van der Waals surface area (Å²) in [5, 5.41) is 13.2. The van der Waals surface area contributed by atoms with Gasteiger partial charge in [0.15, 0.2) is 0 Å². The van der Waals surface area contributed by atoms with Crippen LogP contribution in [-0.4, -0.2) is 47.8 Å². The fourth-order valence-electron chi connectivity index (χ4n) is 3.83. The van der Waals surface area contributed by atoms with E-state index in [4.69, 9.17) is 4.74 Å². The Labute approximate surface area is 180 Å². The van der Waals surface area contributed by atoms with Crippen LogP contribution in [0.3, 0.4) is 0 Å². The van der Waals surface area contributed by atoms with Crippen LogP contribution >= 0.6 is 11.3 Å². The van der Waals surface area contributed by atoms with Crippen molar-refractivity contribution >= 4 is 17.0 Å². The standard InChI is InChI=1S/C23H26FN3O2S/c1-2-29-18-8-6-17(7-9-18)16-26-11-13-27(14-12-26)21-19(4-3-5-20(21)24)22(28)23-25-10-15-30-23/h3-10,15,22,28H,2,11-14,16H2,1H3/t22-/m1/s1. The maximum absolute atomic E-state index is 14.8. The number of hydrogen-bond acceptors (Lipinski definition) is 6. The predicted molar refractivity (Wildman–Crippen MR) is 118 cm³/mol. The molecule has 0 radical (unpaired) electrons. The first-order chi connectivity index (χ1) is 14.7. The Hall–Kier alpha value is -2.48. The highest BCUT2D eigenvalue weighted by Crippen LogP contribution is 2.34. The van der Waals surface area contributed by atoms with Gasteiger partial charge in [-0.2, -0.15) is 0 Å². The highest BCUT2D eigenvalue weighted by Gasteiger charge is 2.26. The summed E-state index contributed by atoms with van der Waals surface area (Å²) in [6, 6.07) is 13.1. The van der Waals surface area contributed by atoms with Gasteiger partial charge in [-0.15, -0.1) is 11.3 Å². The molecule has 1 aromatic heterocycles. The van der Waals surface area contributed by atoms with Crippen molar-refractivity contribution in [2.45, 2.75) is 19.6 Å². The molecule has 0 bridgehead atoms. The molecule has 3 aromatic rings. The van der Waals surface area contributed by atoms with Gasteiger partial charge in [0.05, 0.1) is 12.3 Å². The SMILES string of the molecule is CCOc1ccc(CN2CCN(c3c(F)cccc3[C@@H](O)c3nccs3)CC2)cc1. The summed E-state index contributed by atoms with van der Waals surface area (Å²) >= 11 is 1.37. The molecule has 2 aromatic carbocycles. The van der Waals surface area contributed by atoms with E-state index in [1.807, 2.05) is 29.3 Å². The molecule has 1 atom stereocenters. The third-order valence-electron chi connectivity index (χ3n) is 5.33. The van der Waals surface area contributed by atoms with Crippen molar-refractivity contribution in [3.63, 3.8) is 0 Å². The molecule has 1 fully saturated rings. The summed E-state index contributed by atoms with van der Waals surface area (Å²) in [5.74, 6) is 0.583. The Morgan fingerprint density at radius 2 is 1.90 bits per heavy atom. The maximum atomic E-state index is 14.8. The van der Waals surface area contributed by atoms with Crippen LogP contribution in [0, 0.1) is 5.82 Å². The van der Waals surface area contributed by atoms with Crippen LogP contribution in [0.15, 0.2) is 54.0 Å². The van der Waals surface area contributed by atoms with Gasteiger partial charge in [0.1, 0.15) is 22.7 Å². The van der Waals surface area contributed by atoms with E-state index < -0.39 is 6.10 Å². The van der Waals surface area contributed by atoms with Gasteiger partial charge in [-0.05, 0) is 30.7 Å². The Balaban J connectivity index is 1.43. The first-order valence-electron chi connectivity index (χ1n) is 10.2. The van der Waals surface area contributed by atoms with Crippen LogP contribution in [0.1, 0.15) is 29.2 Å². The molecule has 0 amide bonds. The molecule has 1 aliphatic rings. The minimum absolute atomic E-state index is 0.303. The van der Waals surface area contributed by atoms with Crippen molar-refractivity contribution in [2.75, 3.05) is 37.7 Å². The number of rotatable bonds is 7. The van der Waals surface area contributed by atoms with Gasteiger partial charge in [0.2, 0.25) is 0 Å². The third-order valence-corrected chi connectivity index (χ3v) is 6.15. The number of halogens is 1. The fraction of sp³-hybridized carbons (Fsp3) is 0.348. The smallest absolute Gasteiger partial charge is 0.146 e. The molecular formula is C23H26FN3O2S. The Bertz CT molecular complexity index is 942. The Morgan fingerprint density at radius 1 is 1.13 bits per heavy atom. The number of benzene rings is 2. The molecule has 158 valence electrons. The largest absolute Gasteiger partial charge is 0.494 e. The van der Waals surface area contributed by atoms with Crippen molar-refractivity contribution in [3.05, 3.63) is 76.0 Å². The summed E-state index contributed by atoms with van der Waals surface area (Å²) < 4.78 is 20.3. The van der Waals surface area contributed by atoms with E-state index in [0.717, 1.165) is 25.4 Å². The van der Waals surface area contributed by atoms with E-state index in [0.29, 0.717) is 36.0 Å². The van der Waals surface area contributed by atoms with Crippen molar-refractivity contribution in [3.8, 4) is 5.75 Å². The number of piperazine rings is 1. The number of para-hydroxylation sites is 1. The molecular weight excluding hydrogens is 401 g/mol. The number of aromatic nitrogens is 1. The molecule has 0 saturated carbocycles. The first-order valence-corrected chi connectivity index (χ1v) is 11.1. The minimum Gasteiger partial charge on any atom is -0.494 e. The Morgan fingerprint density at radius 3 is 2.57 bits per heavy atom. The van der Waals surface area contributed by atoms with Gasteiger partial charge >= 0.3 is 0 Å². The summed E-state index contributed by atoms with van der Waals surface area (Å²) in [6.45, 7) is 6.56. The van der Waals surface area contributed by atoms with Crippen LogP contribution in [0.5, 0.6) is 5.75 Å². The zero-order valence-electron chi connectivity index (χ0n) is 17.0. The molecule has 0 spiro atoms. The summed E-state index contributed by atoms with van der Waals surface area (Å²) in [7, 11) is 0. The normalized spacial score (nSPS) is 15.9.